The summed E-state index contributed by atoms with van der Waals surface area (Å²) in [5, 5.41) is 4.76. The van der Waals surface area contributed by atoms with Gasteiger partial charge in [-0.15, -0.1) is 11.3 Å². The molecule has 1 N–H and O–H groups in total. The van der Waals surface area contributed by atoms with Gasteiger partial charge in [0.25, 0.3) is 0 Å². The van der Waals surface area contributed by atoms with Gasteiger partial charge >= 0.3 is 0 Å². The van der Waals surface area contributed by atoms with E-state index in [2.05, 4.69) is 29.0 Å². The maximum atomic E-state index is 4.58. The van der Waals surface area contributed by atoms with E-state index in [0.29, 0.717) is 0 Å². The maximum Gasteiger partial charge on any atom is 0.107 e. The molecule has 3 nitrogen and oxygen atoms in total. The van der Waals surface area contributed by atoms with Crippen LogP contribution in [0, 0.1) is 0 Å². The Hall–Kier alpha value is -0.450. The first kappa shape index (κ1) is 14.9. The summed E-state index contributed by atoms with van der Waals surface area (Å²) in [6.45, 7) is 8.96. The summed E-state index contributed by atoms with van der Waals surface area (Å²) >= 11 is 1.87. The molecule has 0 aromatic carbocycles. The van der Waals surface area contributed by atoms with Crippen molar-refractivity contribution >= 4 is 11.3 Å². The zero-order valence-electron chi connectivity index (χ0n) is 12.3. The van der Waals surface area contributed by atoms with E-state index in [1.54, 1.807) is 0 Å². The summed E-state index contributed by atoms with van der Waals surface area (Å²) in [6, 6.07) is 0.726. The van der Waals surface area contributed by atoms with Gasteiger partial charge in [0.05, 0.1) is 6.54 Å². The van der Waals surface area contributed by atoms with Crippen LogP contribution in [0.1, 0.15) is 55.8 Å². The Morgan fingerprint density at radius 1 is 1.47 bits per heavy atom. The van der Waals surface area contributed by atoms with Crippen LogP contribution >= 0.6 is 11.3 Å². The first-order valence-corrected chi connectivity index (χ1v) is 8.49. The van der Waals surface area contributed by atoms with E-state index < -0.39 is 0 Å². The van der Waals surface area contributed by atoms with Gasteiger partial charge in [-0.05, 0) is 39.3 Å². The Kier molecular flexibility index (Phi) is 6.28. The molecule has 1 aromatic rings. The van der Waals surface area contributed by atoms with Crippen LogP contribution in [0.4, 0.5) is 0 Å². The maximum absolute atomic E-state index is 4.58. The topological polar surface area (TPSA) is 28.2 Å². The third-order valence-corrected chi connectivity index (χ3v) is 4.87. The summed E-state index contributed by atoms with van der Waals surface area (Å²) < 4.78 is 0. The monoisotopic (exact) mass is 281 g/mol. The van der Waals surface area contributed by atoms with Crippen molar-refractivity contribution in [1.82, 2.24) is 15.2 Å². The Morgan fingerprint density at radius 3 is 3.16 bits per heavy atom. The number of nitrogens with one attached hydrogen (secondary N) is 1. The molecule has 2 heterocycles. The summed E-state index contributed by atoms with van der Waals surface area (Å²) in [5.41, 5.74) is 0. The smallest absolute Gasteiger partial charge is 0.107 e. The molecule has 0 saturated carbocycles. The number of thiazole rings is 1. The van der Waals surface area contributed by atoms with E-state index in [-0.39, 0.29) is 0 Å². The summed E-state index contributed by atoms with van der Waals surface area (Å²) in [7, 11) is 0. The van der Waals surface area contributed by atoms with E-state index in [1.165, 1.54) is 48.5 Å². The van der Waals surface area contributed by atoms with Crippen molar-refractivity contribution in [2.45, 2.75) is 65.1 Å². The average Bonchev–Trinajstić information content (AvgIpc) is 2.85. The largest absolute Gasteiger partial charge is 0.312 e. The minimum absolute atomic E-state index is 0.726. The fraction of sp³-hybridized carbons (Fsp3) is 0.800. The minimum Gasteiger partial charge on any atom is -0.312 e. The SMILES string of the molecule is CCCCNCc1cnc(CN2CCCCC2C)s1. The van der Waals surface area contributed by atoms with Crippen molar-refractivity contribution in [3.63, 3.8) is 0 Å². The normalized spacial score (nSPS) is 20.8. The Labute approximate surface area is 121 Å². The number of hydrogen-bond donors (Lipinski definition) is 1. The van der Waals surface area contributed by atoms with Gasteiger partial charge in [-0.25, -0.2) is 4.98 Å². The molecule has 4 heteroatoms. The molecule has 1 atom stereocenters. The minimum atomic E-state index is 0.726. The molecule has 0 spiro atoms. The van der Waals surface area contributed by atoms with Crippen LogP contribution in [0.25, 0.3) is 0 Å². The lowest BCUT2D eigenvalue weighted by atomic mass is 10.0. The lowest BCUT2D eigenvalue weighted by Crippen LogP contribution is -2.36. The molecule has 1 aliphatic heterocycles. The number of aromatic nitrogens is 1. The molecule has 108 valence electrons. The first-order chi connectivity index (χ1) is 9.29. The first-order valence-electron chi connectivity index (χ1n) is 7.68. The van der Waals surface area contributed by atoms with Gasteiger partial charge in [-0.1, -0.05) is 19.8 Å². The van der Waals surface area contributed by atoms with Crippen LogP contribution < -0.4 is 5.32 Å². The Morgan fingerprint density at radius 2 is 2.37 bits per heavy atom. The molecule has 1 saturated heterocycles. The highest BCUT2D eigenvalue weighted by Gasteiger charge is 2.19. The lowest BCUT2D eigenvalue weighted by Gasteiger charge is -2.32. The molecule has 0 aliphatic carbocycles. The van der Waals surface area contributed by atoms with Crippen molar-refractivity contribution in [3.05, 3.63) is 16.1 Å². The second-order valence-corrected chi connectivity index (χ2v) is 6.77. The average molecular weight is 281 g/mol. The predicted molar refractivity (Wildman–Crippen MR) is 82.5 cm³/mol. The van der Waals surface area contributed by atoms with Gasteiger partial charge in [0.1, 0.15) is 5.01 Å². The summed E-state index contributed by atoms with van der Waals surface area (Å²) in [6.07, 6.45) is 8.65. The highest BCUT2D eigenvalue weighted by Crippen LogP contribution is 2.21. The van der Waals surface area contributed by atoms with Gasteiger partial charge in [0, 0.05) is 23.7 Å². The van der Waals surface area contributed by atoms with Crippen molar-refractivity contribution in [1.29, 1.82) is 0 Å². The van der Waals surface area contributed by atoms with Crippen LogP contribution in [-0.4, -0.2) is 29.0 Å². The predicted octanol–water partition coefficient (Wildman–Crippen LogP) is 3.41. The standard InChI is InChI=1S/C15H27N3S/c1-3-4-8-16-10-14-11-17-15(19-14)12-18-9-6-5-7-13(18)2/h11,13,16H,3-10,12H2,1-2H3. The molecule has 0 amide bonds. The van der Waals surface area contributed by atoms with E-state index in [0.717, 1.165) is 25.7 Å². The second kappa shape index (κ2) is 7.98. The van der Waals surface area contributed by atoms with Gasteiger partial charge < -0.3 is 5.32 Å². The lowest BCUT2D eigenvalue weighted by molar-refractivity contribution is 0.152. The summed E-state index contributed by atoms with van der Waals surface area (Å²) in [5.74, 6) is 0. The van der Waals surface area contributed by atoms with Crippen molar-refractivity contribution in [2.24, 2.45) is 0 Å². The highest BCUT2D eigenvalue weighted by molar-refractivity contribution is 7.11. The molecule has 2 rings (SSSR count). The van der Waals surface area contributed by atoms with Crippen LogP contribution in [-0.2, 0) is 13.1 Å². The van der Waals surface area contributed by atoms with E-state index in [9.17, 15) is 0 Å². The fourth-order valence-corrected chi connectivity index (χ4v) is 3.50. The van der Waals surface area contributed by atoms with Crippen LogP contribution in [0.3, 0.4) is 0 Å². The molecule has 1 aliphatic rings. The third kappa shape index (κ3) is 4.86. The van der Waals surface area contributed by atoms with Crippen LogP contribution in [0.2, 0.25) is 0 Å². The number of likely N-dealkylation sites (tertiary alicyclic amines) is 1. The van der Waals surface area contributed by atoms with Gasteiger partial charge in [-0.2, -0.15) is 0 Å². The number of rotatable bonds is 7. The Bertz CT molecular complexity index is 364. The molecule has 0 bridgehead atoms. The van der Waals surface area contributed by atoms with Gasteiger partial charge in [-0.3, -0.25) is 4.90 Å². The summed E-state index contributed by atoms with van der Waals surface area (Å²) in [4.78, 5) is 8.53. The number of unbranched alkanes of at least 4 members (excludes halogenated alkanes) is 1. The zero-order valence-corrected chi connectivity index (χ0v) is 13.1. The van der Waals surface area contributed by atoms with Gasteiger partial charge in [0.2, 0.25) is 0 Å². The molecular weight excluding hydrogens is 254 g/mol. The molecule has 1 unspecified atom stereocenters. The molecule has 0 radical (unpaired) electrons. The molecule has 19 heavy (non-hydrogen) atoms. The molecule has 1 aromatic heterocycles. The van der Waals surface area contributed by atoms with E-state index in [1.807, 2.05) is 17.5 Å². The third-order valence-electron chi connectivity index (χ3n) is 3.89. The number of piperidine rings is 1. The fourth-order valence-electron chi connectivity index (χ4n) is 2.58. The van der Waals surface area contributed by atoms with Crippen molar-refractivity contribution in [2.75, 3.05) is 13.1 Å². The quantitative estimate of drug-likeness (QED) is 0.776. The number of hydrogen-bond acceptors (Lipinski definition) is 4. The zero-order chi connectivity index (χ0) is 13.5. The van der Waals surface area contributed by atoms with Crippen molar-refractivity contribution in [3.8, 4) is 0 Å². The Balaban J connectivity index is 1.76. The van der Waals surface area contributed by atoms with Crippen molar-refractivity contribution < 1.29 is 0 Å². The second-order valence-electron chi connectivity index (χ2n) is 5.57. The van der Waals surface area contributed by atoms with E-state index in [4.69, 9.17) is 0 Å². The number of nitrogens with zero attached hydrogens (tertiary/aromatic N) is 2. The van der Waals surface area contributed by atoms with Gasteiger partial charge in [0.15, 0.2) is 0 Å². The highest BCUT2D eigenvalue weighted by atomic mass is 32.1. The molecule has 1 fully saturated rings. The van der Waals surface area contributed by atoms with Crippen LogP contribution in [0.5, 0.6) is 0 Å². The molecular formula is C15H27N3S. The van der Waals surface area contributed by atoms with Crippen LogP contribution in [0.15, 0.2) is 6.20 Å². The van der Waals surface area contributed by atoms with E-state index >= 15 is 0 Å².